The normalized spacial score (nSPS) is 14.7. The summed E-state index contributed by atoms with van der Waals surface area (Å²) in [5, 5.41) is 19.8. The molecule has 2 atom stereocenters. The first-order valence-corrected chi connectivity index (χ1v) is 6.88. The van der Waals surface area contributed by atoms with E-state index in [1.165, 1.54) is 0 Å². The standard InChI is InChI=1S/C16H24O4/c1-16(2,3)15(19)20-10-9-13(17)14(18)11-12-7-5-4-6-8-12/h4-8,13-14,17-18H,9-11H2,1-3H3. The van der Waals surface area contributed by atoms with Crippen LogP contribution in [0.3, 0.4) is 0 Å². The average Bonchev–Trinajstić information content (AvgIpc) is 2.38. The summed E-state index contributed by atoms with van der Waals surface area (Å²) < 4.78 is 5.07. The summed E-state index contributed by atoms with van der Waals surface area (Å²) >= 11 is 0. The van der Waals surface area contributed by atoms with Crippen LogP contribution in [0, 0.1) is 5.41 Å². The lowest BCUT2D eigenvalue weighted by Crippen LogP contribution is -2.30. The van der Waals surface area contributed by atoms with Crippen molar-refractivity contribution in [2.24, 2.45) is 5.41 Å². The van der Waals surface area contributed by atoms with Gasteiger partial charge in [0.25, 0.3) is 0 Å². The van der Waals surface area contributed by atoms with Crippen LogP contribution in [0.15, 0.2) is 30.3 Å². The Morgan fingerprint density at radius 1 is 1.15 bits per heavy atom. The van der Waals surface area contributed by atoms with Crippen molar-refractivity contribution >= 4 is 5.97 Å². The third-order valence-electron chi connectivity index (χ3n) is 2.99. The van der Waals surface area contributed by atoms with E-state index in [2.05, 4.69) is 0 Å². The van der Waals surface area contributed by atoms with E-state index in [0.717, 1.165) is 5.56 Å². The zero-order valence-electron chi connectivity index (χ0n) is 12.4. The van der Waals surface area contributed by atoms with Crippen molar-refractivity contribution in [3.8, 4) is 0 Å². The Morgan fingerprint density at radius 3 is 2.30 bits per heavy atom. The maximum atomic E-state index is 11.5. The van der Waals surface area contributed by atoms with Crippen molar-refractivity contribution < 1.29 is 19.7 Å². The molecule has 0 radical (unpaired) electrons. The summed E-state index contributed by atoms with van der Waals surface area (Å²) in [6, 6.07) is 9.47. The van der Waals surface area contributed by atoms with Crippen LogP contribution in [-0.4, -0.2) is 35.0 Å². The monoisotopic (exact) mass is 280 g/mol. The molecule has 0 aromatic heterocycles. The highest BCUT2D eigenvalue weighted by atomic mass is 16.5. The Balaban J connectivity index is 2.32. The van der Waals surface area contributed by atoms with Crippen LogP contribution >= 0.6 is 0 Å². The summed E-state index contributed by atoms with van der Waals surface area (Å²) in [4.78, 5) is 11.5. The predicted octanol–water partition coefficient (Wildman–Crippen LogP) is 1.93. The van der Waals surface area contributed by atoms with Gasteiger partial charge >= 0.3 is 5.97 Å². The van der Waals surface area contributed by atoms with Crippen molar-refractivity contribution in [3.05, 3.63) is 35.9 Å². The zero-order chi connectivity index (χ0) is 15.2. The molecule has 20 heavy (non-hydrogen) atoms. The van der Waals surface area contributed by atoms with Crippen LogP contribution in [0.2, 0.25) is 0 Å². The third-order valence-corrected chi connectivity index (χ3v) is 2.99. The highest BCUT2D eigenvalue weighted by Gasteiger charge is 2.24. The second kappa shape index (κ2) is 7.41. The van der Waals surface area contributed by atoms with Crippen molar-refractivity contribution in [1.29, 1.82) is 0 Å². The molecule has 1 aromatic carbocycles. The van der Waals surface area contributed by atoms with Crippen molar-refractivity contribution in [2.75, 3.05) is 6.61 Å². The van der Waals surface area contributed by atoms with Crippen LogP contribution in [0.5, 0.6) is 0 Å². The number of benzene rings is 1. The van der Waals surface area contributed by atoms with Gasteiger partial charge in [-0.25, -0.2) is 0 Å². The van der Waals surface area contributed by atoms with Crippen molar-refractivity contribution in [2.45, 2.75) is 45.8 Å². The summed E-state index contributed by atoms with van der Waals surface area (Å²) in [6.45, 7) is 5.44. The largest absolute Gasteiger partial charge is 0.465 e. The van der Waals surface area contributed by atoms with Gasteiger partial charge in [0.05, 0.1) is 24.2 Å². The molecule has 0 aliphatic carbocycles. The smallest absolute Gasteiger partial charge is 0.311 e. The van der Waals surface area contributed by atoms with Crippen LogP contribution in [0.25, 0.3) is 0 Å². The Labute approximate surface area is 120 Å². The lowest BCUT2D eigenvalue weighted by molar-refractivity contribution is -0.154. The first kappa shape index (κ1) is 16.7. The van der Waals surface area contributed by atoms with Gasteiger partial charge in [0.2, 0.25) is 0 Å². The number of aliphatic hydroxyl groups is 2. The fraction of sp³-hybridized carbons (Fsp3) is 0.562. The molecule has 2 unspecified atom stereocenters. The minimum Gasteiger partial charge on any atom is -0.465 e. The number of rotatable bonds is 6. The molecule has 0 bridgehead atoms. The number of ether oxygens (including phenoxy) is 1. The molecule has 0 heterocycles. The fourth-order valence-electron chi connectivity index (χ4n) is 1.67. The number of aliphatic hydroxyl groups excluding tert-OH is 2. The van der Waals surface area contributed by atoms with Crippen LogP contribution in [-0.2, 0) is 16.0 Å². The quantitative estimate of drug-likeness (QED) is 0.781. The summed E-state index contributed by atoms with van der Waals surface area (Å²) in [5.41, 5.74) is 0.416. The van der Waals surface area contributed by atoms with Crippen molar-refractivity contribution in [1.82, 2.24) is 0 Å². The van der Waals surface area contributed by atoms with Gasteiger partial charge in [-0.3, -0.25) is 4.79 Å². The SMILES string of the molecule is CC(C)(C)C(=O)OCCC(O)C(O)Cc1ccccc1. The van der Waals surface area contributed by atoms with E-state index in [4.69, 9.17) is 4.74 Å². The van der Waals surface area contributed by atoms with Crippen LogP contribution < -0.4 is 0 Å². The van der Waals surface area contributed by atoms with Gasteiger partial charge in [0, 0.05) is 12.8 Å². The van der Waals surface area contributed by atoms with E-state index < -0.39 is 17.6 Å². The van der Waals surface area contributed by atoms with E-state index in [-0.39, 0.29) is 19.0 Å². The van der Waals surface area contributed by atoms with Gasteiger partial charge in [0.1, 0.15) is 0 Å². The number of carbonyl (C=O) groups is 1. The lowest BCUT2D eigenvalue weighted by Gasteiger charge is -2.20. The van der Waals surface area contributed by atoms with Gasteiger partial charge in [-0.05, 0) is 26.3 Å². The molecule has 0 aliphatic rings. The molecule has 1 rings (SSSR count). The summed E-state index contributed by atoms with van der Waals surface area (Å²) in [6.07, 6.45) is -1.14. The molecular weight excluding hydrogens is 256 g/mol. The number of hydrogen-bond donors (Lipinski definition) is 2. The molecule has 0 saturated carbocycles. The third kappa shape index (κ3) is 5.72. The molecule has 4 heteroatoms. The Kier molecular flexibility index (Phi) is 6.17. The average molecular weight is 280 g/mol. The molecule has 2 N–H and O–H groups in total. The van der Waals surface area contributed by atoms with Gasteiger partial charge in [-0.15, -0.1) is 0 Å². The fourth-order valence-corrected chi connectivity index (χ4v) is 1.67. The predicted molar refractivity (Wildman–Crippen MR) is 77.2 cm³/mol. The number of esters is 1. The minimum absolute atomic E-state index is 0.114. The highest BCUT2D eigenvalue weighted by molar-refractivity contribution is 5.75. The molecule has 0 amide bonds. The minimum atomic E-state index is -0.900. The van der Waals surface area contributed by atoms with Gasteiger partial charge in [-0.1, -0.05) is 30.3 Å². The van der Waals surface area contributed by atoms with Crippen LogP contribution in [0.4, 0.5) is 0 Å². The summed E-state index contributed by atoms with van der Waals surface area (Å²) in [7, 11) is 0. The maximum Gasteiger partial charge on any atom is 0.311 e. The maximum absolute atomic E-state index is 11.5. The van der Waals surface area contributed by atoms with E-state index >= 15 is 0 Å². The Bertz CT molecular complexity index is 408. The molecule has 0 fully saturated rings. The van der Waals surface area contributed by atoms with Crippen molar-refractivity contribution in [3.63, 3.8) is 0 Å². The molecule has 0 spiro atoms. The topological polar surface area (TPSA) is 66.8 Å². The van der Waals surface area contributed by atoms with Gasteiger partial charge in [0.15, 0.2) is 0 Å². The van der Waals surface area contributed by atoms with E-state index in [0.29, 0.717) is 6.42 Å². The summed E-state index contributed by atoms with van der Waals surface area (Å²) in [5.74, 6) is -0.303. The van der Waals surface area contributed by atoms with E-state index in [1.807, 2.05) is 30.3 Å². The molecule has 112 valence electrons. The zero-order valence-corrected chi connectivity index (χ0v) is 12.4. The number of hydrogen-bond acceptors (Lipinski definition) is 4. The lowest BCUT2D eigenvalue weighted by atomic mass is 9.97. The second-order valence-electron chi connectivity index (χ2n) is 6.00. The second-order valence-corrected chi connectivity index (χ2v) is 6.00. The molecular formula is C16H24O4. The number of carbonyl (C=O) groups excluding carboxylic acids is 1. The van der Waals surface area contributed by atoms with Crippen LogP contribution in [0.1, 0.15) is 32.8 Å². The molecule has 1 aromatic rings. The Hall–Kier alpha value is -1.39. The first-order valence-electron chi connectivity index (χ1n) is 6.88. The molecule has 0 aliphatic heterocycles. The highest BCUT2D eigenvalue weighted by Crippen LogP contribution is 2.15. The van der Waals surface area contributed by atoms with Gasteiger partial charge < -0.3 is 14.9 Å². The Morgan fingerprint density at radius 2 is 1.75 bits per heavy atom. The van der Waals surface area contributed by atoms with E-state index in [9.17, 15) is 15.0 Å². The first-order chi connectivity index (χ1) is 9.30. The van der Waals surface area contributed by atoms with Gasteiger partial charge in [-0.2, -0.15) is 0 Å². The molecule has 0 saturated heterocycles. The van der Waals surface area contributed by atoms with E-state index in [1.54, 1.807) is 20.8 Å². The molecule has 4 nitrogen and oxygen atoms in total.